The number of hydrogen-bond donors (Lipinski definition) is 1. The van der Waals surface area contributed by atoms with Gasteiger partial charge in [-0.1, -0.05) is 23.5 Å². The van der Waals surface area contributed by atoms with E-state index in [1.165, 1.54) is 29.5 Å². The molecule has 7 heteroatoms. The summed E-state index contributed by atoms with van der Waals surface area (Å²) in [7, 11) is 0. The number of benzene rings is 2. The average molecular weight is 395 g/mol. The third-order valence-corrected chi connectivity index (χ3v) is 4.66. The lowest BCUT2D eigenvalue weighted by molar-refractivity contribution is -0.122. The van der Waals surface area contributed by atoms with Crippen LogP contribution < -0.4 is 10.1 Å². The minimum atomic E-state index is -0.747. The van der Waals surface area contributed by atoms with Crippen molar-refractivity contribution < 1.29 is 13.9 Å². The third kappa shape index (κ3) is 3.68. The number of amides is 1. The van der Waals surface area contributed by atoms with Crippen molar-refractivity contribution in [1.29, 1.82) is 0 Å². The maximum atomic E-state index is 13.1. The number of carbonyl (C=O) groups excluding carboxylic acids is 1. The first-order valence-corrected chi connectivity index (χ1v) is 8.42. The summed E-state index contributed by atoms with van der Waals surface area (Å²) in [5, 5.41) is 3.25. The van der Waals surface area contributed by atoms with Gasteiger partial charge in [-0.05, 0) is 53.2 Å². The summed E-state index contributed by atoms with van der Waals surface area (Å²) >= 11 is 4.60. The highest BCUT2D eigenvalue weighted by Crippen LogP contribution is 2.28. The molecular weight excluding hydrogens is 383 g/mol. The van der Waals surface area contributed by atoms with Gasteiger partial charge in [0.25, 0.3) is 5.91 Å². The van der Waals surface area contributed by atoms with Crippen LogP contribution in [0.25, 0.3) is 10.2 Å². The van der Waals surface area contributed by atoms with Gasteiger partial charge < -0.3 is 4.74 Å². The summed E-state index contributed by atoms with van der Waals surface area (Å²) < 4.78 is 20.1. The zero-order valence-electron chi connectivity index (χ0n) is 12.0. The van der Waals surface area contributed by atoms with E-state index in [9.17, 15) is 9.18 Å². The molecule has 0 radical (unpaired) electrons. The Hall–Kier alpha value is -1.99. The summed E-state index contributed by atoms with van der Waals surface area (Å²) in [4.78, 5) is 16.6. The van der Waals surface area contributed by atoms with Crippen molar-refractivity contribution in [2.75, 3.05) is 5.32 Å². The molecule has 1 unspecified atom stereocenters. The lowest BCUT2D eigenvalue weighted by Gasteiger charge is -2.14. The van der Waals surface area contributed by atoms with Crippen LogP contribution in [0.4, 0.5) is 9.52 Å². The van der Waals surface area contributed by atoms with E-state index < -0.39 is 6.10 Å². The Morgan fingerprint density at radius 3 is 2.87 bits per heavy atom. The Morgan fingerprint density at radius 1 is 1.35 bits per heavy atom. The summed E-state index contributed by atoms with van der Waals surface area (Å²) in [5.74, 6) is -0.297. The zero-order valence-corrected chi connectivity index (χ0v) is 14.4. The number of ether oxygens (including phenoxy) is 1. The molecule has 4 nitrogen and oxygen atoms in total. The van der Waals surface area contributed by atoms with E-state index in [4.69, 9.17) is 4.74 Å². The van der Waals surface area contributed by atoms with Crippen LogP contribution in [0.2, 0.25) is 0 Å². The van der Waals surface area contributed by atoms with Crippen LogP contribution in [-0.2, 0) is 4.79 Å². The number of hydrogen-bond acceptors (Lipinski definition) is 4. The number of rotatable bonds is 4. The summed E-state index contributed by atoms with van der Waals surface area (Å²) in [6.07, 6.45) is -0.747. The van der Waals surface area contributed by atoms with Gasteiger partial charge >= 0.3 is 0 Å². The van der Waals surface area contributed by atoms with Crippen LogP contribution in [0, 0.1) is 5.82 Å². The van der Waals surface area contributed by atoms with E-state index >= 15 is 0 Å². The van der Waals surface area contributed by atoms with E-state index in [1.54, 1.807) is 6.92 Å². The fourth-order valence-electron chi connectivity index (χ4n) is 1.95. The lowest BCUT2D eigenvalue weighted by atomic mass is 10.3. The fourth-order valence-corrected chi connectivity index (χ4v) is 3.26. The van der Waals surface area contributed by atoms with E-state index in [2.05, 4.69) is 26.2 Å². The highest BCUT2D eigenvalue weighted by Gasteiger charge is 2.18. The molecule has 3 rings (SSSR count). The molecule has 0 aliphatic carbocycles. The van der Waals surface area contributed by atoms with Crippen molar-refractivity contribution in [2.45, 2.75) is 13.0 Å². The van der Waals surface area contributed by atoms with Gasteiger partial charge in [0.1, 0.15) is 11.6 Å². The Morgan fingerprint density at radius 2 is 2.13 bits per heavy atom. The maximum Gasteiger partial charge on any atom is 0.266 e. The molecule has 1 heterocycles. The van der Waals surface area contributed by atoms with Gasteiger partial charge in [-0.25, -0.2) is 9.37 Å². The quantitative estimate of drug-likeness (QED) is 0.702. The molecule has 1 amide bonds. The van der Waals surface area contributed by atoms with Crippen LogP contribution in [0.5, 0.6) is 5.75 Å². The van der Waals surface area contributed by atoms with E-state index in [1.807, 2.05) is 24.3 Å². The monoisotopic (exact) mass is 394 g/mol. The number of thiazole rings is 1. The number of aromatic nitrogens is 1. The largest absolute Gasteiger partial charge is 0.480 e. The van der Waals surface area contributed by atoms with Crippen LogP contribution >= 0.6 is 27.3 Å². The fraction of sp³-hybridized carbons (Fsp3) is 0.125. The first-order chi connectivity index (χ1) is 11.0. The van der Waals surface area contributed by atoms with E-state index in [-0.39, 0.29) is 11.7 Å². The highest BCUT2D eigenvalue weighted by molar-refractivity contribution is 9.10. The van der Waals surface area contributed by atoms with Gasteiger partial charge in [0.2, 0.25) is 0 Å². The van der Waals surface area contributed by atoms with Crippen molar-refractivity contribution in [2.24, 2.45) is 0 Å². The molecule has 0 saturated heterocycles. The Balaban J connectivity index is 1.69. The molecule has 0 aliphatic heterocycles. The Bertz CT molecular complexity index is 835. The van der Waals surface area contributed by atoms with Gasteiger partial charge in [-0.15, -0.1) is 0 Å². The molecule has 0 aliphatic rings. The smallest absolute Gasteiger partial charge is 0.266 e. The second-order valence-electron chi connectivity index (χ2n) is 4.81. The van der Waals surface area contributed by atoms with Gasteiger partial charge in [0, 0.05) is 0 Å². The molecule has 2 aromatic carbocycles. The number of nitrogens with zero attached hydrogens (tertiary/aromatic N) is 1. The van der Waals surface area contributed by atoms with Crippen molar-refractivity contribution in [1.82, 2.24) is 4.98 Å². The number of halogens is 2. The second-order valence-corrected chi connectivity index (χ2v) is 6.70. The predicted molar refractivity (Wildman–Crippen MR) is 92.4 cm³/mol. The minimum Gasteiger partial charge on any atom is -0.480 e. The molecule has 23 heavy (non-hydrogen) atoms. The zero-order chi connectivity index (χ0) is 16.4. The third-order valence-electron chi connectivity index (χ3n) is 3.09. The van der Waals surface area contributed by atoms with E-state index in [0.29, 0.717) is 15.4 Å². The van der Waals surface area contributed by atoms with Crippen molar-refractivity contribution in [3.8, 4) is 5.75 Å². The summed E-state index contributed by atoms with van der Waals surface area (Å²) in [6.45, 7) is 1.62. The van der Waals surface area contributed by atoms with Crippen LogP contribution in [0.3, 0.4) is 0 Å². The van der Waals surface area contributed by atoms with Gasteiger partial charge in [-0.3, -0.25) is 10.1 Å². The first kappa shape index (κ1) is 15.9. The Kier molecular flexibility index (Phi) is 4.58. The molecule has 1 atom stereocenters. The molecule has 118 valence electrons. The molecule has 1 N–H and O–H groups in total. The molecule has 0 saturated carbocycles. The molecular formula is C16H12BrFN2O2S. The molecule has 1 aromatic heterocycles. The highest BCUT2D eigenvalue weighted by atomic mass is 79.9. The summed E-state index contributed by atoms with van der Waals surface area (Å²) in [6, 6.07) is 11.7. The first-order valence-electron chi connectivity index (χ1n) is 6.81. The number of nitrogens with one attached hydrogen (secondary N) is 1. The number of para-hydroxylation sites is 1. The van der Waals surface area contributed by atoms with Crippen molar-refractivity contribution >= 4 is 48.5 Å². The summed E-state index contributed by atoms with van der Waals surface area (Å²) in [5.41, 5.74) is 0.836. The van der Waals surface area contributed by atoms with Crippen molar-refractivity contribution in [3.63, 3.8) is 0 Å². The van der Waals surface area contributed by atoms with Crippen molar-refractivity contribution in [3.05, 3.63) is 52.8 Å². The number of anilines is 1. The molecule has 0 fully saturated rings. The van der Waals surface area contributed by atoms with Gasteiger partial charge in [0.05, 0.1) is 14.7 Å². The second kappa shape index (κ2) is 6.64. The number of fused-ring (bicyclic) bond motifs is 1. The molecule has 0 bridgehead atoms. The van der Waals surface area contributed by atoms with Crippen LogP contribution in [0.15, 0.2) is 46.9 Å². The minimum absolute atomic E-state index is 0.319. The molecule has 0 spiro atoms. The van der Waals surface area contributed by atoms with Gasteiger partial charge in [-0.2, -0.15) is 0 Å². The van der Waals surface area contributed by atoms with Crippen LogP contribution in [-0.4, -0.2) is 17.0 Å². The van der Waals surface area contributed by atoms with Crippen LogP contribution in [0.1, 0.15) is 6.92 Å². The van der Waals surface area contributed by atoms with E-state index in [0.717, 1.165) is 10.2 Å². The van der Waals surface area contributed by atoms with Gasteiger partial charge in [0.15, 0.2) is 11.2 Å². The number of carbonyl (C=O) groups is 1. The average Bonchev–Trinajstić information content (AvgIpc) is 2.92. The normalized spacial score (nSPS) is 12.1. The SMILES string of the molecule is CC(Oc1ccc(F)cc1Br)C(=O)Nc1nc2ccccc2s1. The topological polar surface area (TPSA) is 51.2 Å². The standard InChI is InChI=1S/C16H12BrFN2O2S/c1-9(22-13-7-6-10(18)8-11(13)17)15(21)20-16-19-12-4-2-3-5-14(12)23-16/h2-9H,1H3,(H,19,20,21). The molecule has 3 aromatic rings. The maximum absolute atomic E-state index is 13.1. The predicted octanol–water partition coefficient (Wildman–Crippen LogP) is 4.60. The lowest BCUT2D eigenvalue weighted by Crippen LogP contribution is -2.30. The Labute approximate surface area is 144 Å².